The number of carbonyl (C=O) groups excluding carboxylic acids is 4. The fourth-order valence-electron chi connectivity index (χ4n) is 2.60. The average Bonchev–Trinajstić information content (AvgIpc) is 2.94. The van der Waals surface area contributed by atoms with Crippen molar-refractivity contribution in [1.82, 2.24) is 10.2 Å². The Hall–Kier alpha value is -2.90. The van der Waals surface area contributed by atoms with Crippen LogP contribution in [-0.4, -0.2) is 41.9 Å². The topological polar surface area (TPSA) is 119 Å². The zero-order chi connectivity index (χ0) is 17.7. The Balaban J connectivity index is 1.90. The molecule has 24 heavy (non-hydrogen) atoms. The van der Waals surface area contributed by atoms with Crippen LogP contribution in [0.5, 0.6) is 0 Å². The minimum Gasteiger partial charge on any atom is -0.455 e. The van der Waals surface area contributed by atoms with Crippen molar-refractivity contribution in [3.63, 3.8) is 0 Å². The molecule has 0 aromatic heterocycles. The van der Waals surface area contributed by atoms with E-state index in [2.05, 4.69) is 0 Å². The molecule has 1 aromatic carbocycles. The van der Waals surface area contributed by atoms with Crippen molar-refractivity contribution in [3.8, 4) is 0 Å². The van der Waals surface area contributed by atoms with Gasteiger partial charge in [-0.15, -0.1) is 0 Å². The maximum absolute atomic E-state index is 12.2. The molecule has 0 unspecified atom stereocenters. The van der Waals surface area contributed by atoms with Crippen LogP contribution in [0.4, 0.5) is 4.79 Å². The average molecular weight is 333 g/mol. The number of nitrogens with zero attached hydrogens (tertiary/aromatic N) is 1. The van der Waals surface area contributed by atoms with Gasteiger partial charge in [0.15, 0.2) is 6.61 Å². The minimum absolute atomic E-state index is 0.0352. The highest BCUT2D eigenvalue weighted by Crippen LogP contribution is 2.28. The highest BCUT2D eigenvalue weighted by Gasteiger charge is 2.38. The van der Waals surface area contributed by atoms with Gasteiger partial charge < -0.3 is 15.4 Å². The summed E-state index contributed by atoms with van der Waals surface area (Å²) in [4.78, 5) is 47.5. The first-order chi connectivity index (χ1) is 11.4. The first-order valence-corrected chi connectivity index (χ1v) is 7.48. The number of ether oxygens (including phenoxy) is 1. The molecule has 1 fully saturated rings. The molecule has 0 spiro atoms. The SMILES string of the molecule is C[C@@H](c1ccccc1)N1C[C@H](C(=O)OCC(=O)NC(N)=O)CC1=O. The smallest absolute Gasteiger partial charge is 0.318 e. The van der Waals surface area contributed by atoms with Gasteiger partial charge in [0.25, 0.3) is 5.91 Å². The summed E-state index contributed by atoms with van der Waals surface area (Å²) in [6, 6.07) is 8.31. The van der Waals surface area contributed by atoms with Gasteiger partial charge in [0.2, 0.25) is 5.91 Å². The van der Waals surface area contributed by atoms with Crippen molar-refractivity contribution >= 4 is 23.8 Å². The third-order valence-electron chi connectivity index (χ3n) is 3.85. The summed E-state index contributed by atoms with van der Waals surface area (Å²) in [5.41, 5.74) is 5.76. The van der Waals surface area contributed by atoms with Gasteiger partial charge >= 0.3 is 12.0 Å². The second-order valence-corrected chi connectivity index (χ2v) is 5.55. The predicted octanol–water partition coefficient (Wildman–Crippen LogP) is 0.334. The summed E-state index contributed by atoms with van der Waals surface area (Å²) >= 11 is 0. The second kappa shape index (κ2) is 7.58. The number of imide groups is 1. The van der Waals surface area contributed by atoms with Crippen LogP contribution in [0.25, 0.3) is 0 Å². The standard InChI is InChI=1S/C16H19N3O5/c1-10(11-5-3-2-4-6-11)19-8-12(7-14(19)21)15(22)24-9-13(20)18-16(17)23/h2-6,10,12H,7-9H2,1H3,(H3,17,18,20,23)/t10-,12+/m0/s1. The van der Waals surface area contributed by atoms with Gasteiger partial charge in [-0.2, -0.15) is 0 Å². The fraction of sp³-hybridized carbons (Fsp3) is 0.375. The van der Waals surface area contributed by atoms with Gasteiger partial charge in [-0.1, -0.05) is 30.3 Å². The fourth-order valence-corrected chi connectivity index (χ4v) is 2.60. The molecule has 1 aromatic rings. The van der Waals surface area contributed by atoms with Crippen molar-refractivity contribution in [2.45, 2.75) is 19.4 Å². The quantitative estimate of drug-likeness (QED) is 0.753. The minimum atomic E-state index is -1.02. The number of carbonyl (C=O) groups is 4. The van der Waals surface area contributed by atoms with E-state index in [1.165, 1.54) is 0 Å². The van der Waals surface area contributed by atoms with E-state index in [4.69, 9.17) is 10.5 Å². The molecule has 0 bridgehead atoms. The van der Waals surface area contributed by atoms with Crippen LogP contribution >= 0.6 is 0 Å². The van der Waals surface area contributed by atoms with E-state index in [-0.39, 0.29) is 24.9 Å². The van der Waals surface area contributed by atoms with E-state index in [0.717, 1.165) is 5.56 Å². The molecule has 1 heterocycles. The predicted molar refractivity (Wildman–Crippen MR) is 83.4 cm³/mol. The lowest BCUT2D eigenvalue weighted by Gasteiger charge is -2.25. The molecule has 8 nitrogen and oxygen atoms in total. The van der Waals surface area contributed by atoms with Gasteiger partial charge in [0, 0.05) is 13.0 Å². The summed E-state index contributed by atoms with van der Waals surface area (Å²) in [7, 11) is 0. The third kappa shape index (κ3) is 4.31. The lowest BCUT2D eigenvalue weighted by Crippen LogP contribution is -2.38. The van der Waals surface area contributed by atoms with Gasteiger partial charge in [0.1, 0.15) is 0 Å². The largest absolute Gasteiger partial charge is 0.455 e. The van der Waals surface area contributed by atoms with Crippen molar-refractivity contribution in [2.75, 3.05) is 13.2 Å². The number of nitrogens with two attached hydrogens (primary N) is 1. The number of benzene rings is 1. The van der Waals surface area contributed by atoms with E-state index >= 15 is 0 Å². The van der Waals surface area contributed by atoms with E-state index < -0.39 is 30.4 Å². The van der Waals surface area contributed by atoms with E-state index in [1.54, 1.807) is 10.2 Å². The molecule has 1 aliphatic heterocycles. The van der Waals surface area contributed by atoms with Crippen LogP contribution in [0.1, 0.15) is 24.9 Å². The van der Waals surface area contributed by atoms with Crippen molar-refractivity contribution in [3.05, 3.63) is 35.9 Å². The number of likely N-dealkylation sites (tertiary alicyclic amines) is 1. The van der Waals surface area contributed by atoms with E-state index in [9.17, 15) is 19.2 Å². The summed E-state index contributed by atoms with van der Waals surface area (Å²) in [5, 5.41) is 1.79. The van der Waals surface area contributed by atoms with Crippen LogP contribution in [0.2, 0.25) is 0 Å². The highest BCUT2D eigenvalue weighted by molar-refractivity contribution is 5.95. The summed E-state index contributed by atoms with van der Waals surface area (Å²) in [6.45, 7) is 1.51. The Bertz CT molecular complexity index is 646. The van der Waals surface area contributed by atoms with Crippen LogP contribution in [0.15, 0.2) is 30.3 Å². The molecule has 8 heteroatoms. The lowest BCUT2D eigenvalue weighted by molar-refractivity contribution is -0.152. The number of amides is 4. The second-order valence-electron chi connectivity index (χ2n) is 5.55. The maximum Gasteiger partial charge on any atom is 0.318 e. The molecule has 1 aliphatic rings. The monoisotopic (exact) mass is 333 g/mol. The van der Waals surface area contributed by atoms with Crippen molar-refractivity contribution in [2.24, 2.45) is 11.7 Å². The van der Waals surface area contributed by atoms with Crippen LogP contribution in [0, 0.1) is 5.92 Å². The molecule has 2 rings (SSSR count). The van der Waals surface area contributed by atoms with Gasteiger partial charge in [-0.25, -0.2) is 4.79 Å². The molecule has 0 saturated carbocycles. The first kappa shape index (κ1) is 17.5. The Morgan fingerprint density at radius 1 is 1.33 bits per heavy atom. The van der Waals surface area contributed by atoms with Gasteiger partial charge in [-0.3, -0.25) is 19.7 Å². The molecular formula is C16H19N3O5. The summed E-state index contributed by atoms with van der Waals surface area (Å²) in [6.07, 6.45) is 0.0352. The molecule has 0 aliphatic carbocycles. The number of esters is 1. The molecular weight excluding hydrogens is 314 g/mol. The maximum atomic E-state index is 12.2. The third-order valence-corrected chi connectivity index (χ3v) is 3.85. The van der Waals surface area contributed by atoms with E-state index in [1.807, 2.05) is 37.3 Å². The number of hydrogen-bond donors (Lipinski definition) is 2. The molecule has 2 atom stereocenters. The number of urea groups is 1. The Morgan fingerprint density at radius 2 is 2.00 bits per heavy atom. The van der Waals surface area contributed by atoms with Crippen molar-refractivity contribution < 1.29 is 23.9 Å². The molecule has 128 valence electrons. The Labute approximate surface area is 138 Å². The van der Waals surface area contributed by atoms with Gasteiger partial charge in [0.05, 0.1) is 12.0 Å². The Kier molecular flexibility index (Phi) is 5.51. The van der Waals surface area contributed by atoms with Crippen LogP contribution in [-0.2, 0) is 19.1 Å². The number of primary amides is 1. The number of nitrogens with one attached hydrogen (secondary N) is 1. The summed E-state index contributed by atoms with van der Waals surface area (Å²) in [5.74, 6) is -2.24. The van der Waals surface area contributed by atoms with Crippen LogP contribution in [0.3, 0.4) is 0 Å². The highest BCUT2D eigenvalue weighted by atomic mass is 16.5. The van der Waals surface area contributed by atoms with Crippen molar-refractivity contribution in [1.29, 1.82) is 0 Å². The normalized spacial score (nSPS) is 18.1. The molecule has 1 saturated heterocycles. The summed E-state index contributed by atoms with van der Waals surface area (Å²) < 4.78 is 4.83. The Morgan fingerprint density at radius 3 is 2.62 bits per heavy atom. The lowest BCUT2D eigenvalue weighted by atomic mass is 10.1. The molecule has 3 N–H and O–H groups in total. The molecule has 4 amide bonds. The number of rotatable bonds is 5. The number of hydrogen-bond acceptors (Lipinski definition) is 5. The zero-order valence-corrected chi connectivity index (χ0v) is 13.2. The van der Waals surface area contributed by atoms with Gasteiger partial charge in [-0.05, 0) is 12.5 Å². The van der Waals surface area contributed by atoms with Crippen LogP contribution < -0.4 is 11.1 Å². The zero-order valence-electron chi connectivity index (χ0n) is 13.2. The van der Waals surface area contributed by atoms with E-state index in [0.29, 0.717) is 0 Å². The first-order valence-electron chi connectivity index (χ1n) is 7.48. The molecule has 0 radical (unpaired) electrons.